The topological polar surface area (TPSA) is 28.7 Å². The van der Waals surface area contributed by atoms with Crippen molar-refractivity contribution in [1.29, 1.82) is 5.26 Å². The van der Waals surface area contributed by atoms with Crippen LogP contribution in [0.3, 0.4) is 0 Å². The molecule has 1 aromatic rings. The number of nitriles is 1. The number of nitrogens with zero attached hydrogens (tertiary/aromatic N) is 2. The summed E-state index contributed by atoms with van der Waals surface area (Å²) < 4.78 is 2.11. The van der Waals surface area contributed by atoms with E-state index in [9.17, 15) is 0 Å². The number of unbranched alkanes of at least 4 members (excludes halogenated alkanes) is 1. The number of rotatable bonds is 3. The summed E-state index contributed by atoms with van der Waals surface area (Å²) in [4.78, 5) is 0. The van der Waals surface area contributed by atoms with Crippen LogP contribution in [0.2, 0.25) is 0 Å². The maximum absolute atomic E-state index is 8.94. The SMILES string of the molecule is CCCCn1c(C)cc(C)c1C#N. The van der Waals surface area contributed by atoms with Gasteiger partial charge in [-0.25, -0.2) is 0 Å². The fourth-order valence-corrected chi connectivity index (χ4v) is 1.60. The lowest BCUT2D eigenvalue weighted by atomic mass is 10.3. The third-order valence-electron chi connectivity index (χ3n) is 2.34. The van der Waals surface area contributed by atoms with Gasteiger partial charge in [0.15, 0.2) is 0 Å². The molecule has 0 amide bonds. The molecule has 2 nitrogen and oxygen atoms in total. The Morgan fingerprint density at radius 1 is 1.46 bits per heavy atom. The molecule has 1 aromatic heterocycles. The lowest BCUT2D eigenvalue weighted by Gasteiger charge is -2.06. The Morgan fingerprint density at radius 2 is 2.15 bits per heavy atom. The smallest absolute Gasteiger partial charge is 0.123 e. The van der Waals surface area contributed by atoms with Gasteiger partial charge >= 0.3 is 0 Å². The Hall–Kier alpha value is -1.23. The van der Waals surface area contributed by atoms with Crippen molar-refractivity contribution in [3.63, 3.8) is 0 Å². The molecule has 0 aromatic carbocycles. The number of hydrogen-bond donors (Lipinski definition) is 0. The van der Waals surface area contributed by atoms with Crippen molar-refractivity contribution in [2.45, 2.75) is 40.2 Å². The van der Waals surface area contributed by atoms with Crippen LogP contribution in [0.1, 0.15) is 36.7 Å². The molecule has 1 heterocycles. The molecule has 13 heavy (non-hydrogen) atoms. The number of hydrogen-bond acceptors (Lipinski definition) is 1. The normalized spacial score (nSPS) is 10.0. The lowest BCUT2D eigenvalue weighted by molar-refractivity contribution is 0.616. The van der Waals surface area contributed by atoms with Crippen LogP contribution >= 0.6 is 0 Å². The van der Waals surface area contributed by atoms with Crippen molar-refractivity contribution in [1.82, 2.24) is 4.57 Å². The summed E-state index contributed by atoms with van der Waals surface area (Å²) in [6, 6.07) is 4.33. The van der Waals surface area contributed by atoms with E-state index in [0.29, 0.717) is 0 Å². The van der Waals surface area contributed by atoms with Crippen molar-refractivity contribution in [3.05, 3.63) is 23.0 Å². The zero-order valence-corrected chi connectivity index (χ0v) is 8.59. The summed E-state index contributed by atoms with van der Waals surface area (Å²) in [5.41, 5.74) is 3.12. The van der Waals surface area contributed by atoms with Crippen LogP contribution in [-0.2, 0) is 6.54 Å². The molecular formula is C11H16N2. The molecule has 0 saturated carbocycles. The van der Waals surface area contributed by atoms with E-state index >= 15 is 0 Å². The summed E-state index contributed by atoms with van der Waals surface area (Å²) in [6.45, 7) is 7.19. The summed E-state index contributed by atoms with van der Waals surface area (Å²) in [5, 5.41) is 8.94. The van der Waals surface area contributed by atoms with Crippen LogP contribution in [0.25, 0.3) is 0 Å². The average Bonchev–Trinajstić information content (AvgIpc) is 2.37. The highest BCUT2D eigenvalue weighted by Gasteiger charge is 2.07. The molecular weight excluding hydrogens is 160 g/mol. The highest BCUT2D eigenvalue weighted by Crippen LogP contribution is 2.14. The molecule has 0 bridgehead atoms. The molecule has 0 aliphatic carbocycles. The Kier molecular flexibility index (Phi) is 3.13. The minimum atomic E-state index is 0.825. The van der Waals surface area contributed by atoms with E-state index < -0.39 is 0 Å². The van der Waals surface area contributed by atoms with E-state index in [2.05, 4.69) is 30.6 Å². The summed E-state index contributed by atoms with van der Waals surface area (Å²) in [5.74, 6) is 0. The third kappa shape index (κ3) is 1.92. The van der Waals surface area contributed by atoms with Crippen molar-refractivity contribution in [3.8, 4) is 6.07 Å². The zero-order valence-electron chi connectivity index (χ0n) is 8.59. The van der Waals surface area contributed by atoms with Crippen molar-refractivity contribution in [2.24, 2.45) is 0 Å². The Bertz CT molecular complexity index is 329. The molecule has 0 aliphatic heterocycles. The first kappa shape index (κ1) is 9.85. The van der Waals surface area contributed by atoms with E-state index in [1.54, 1.807) is 0 Å². The molecule has 0 N–H and O–H groups in total. The van der Waals surface area contributed by atoms with E-state index in [4.69, 9.17) is 5.26 Å². The molecule has 0 radical (unpaired) electrons. The van der Waals surface area contributed by atoms with Gasteiger partial charge in [0.05, 0.1) is 0 Å². The zero-order chi connectivity index (χ0) is 9.84. The minimum absolute atomic E-state index is 0.825. The highest BCUT2D eigenvalue weighted by atomic mass is 15.0. The molecule has 70 valence electrons. The summed E-state index contributed by atoms with van der Waals surface area (Å²) in [6.07, 6.45) is 2.31. The van der Waals surface area contributed by atoms with Crippen LogP contribution in [0.4, 0.5) is 0 Å². The molecule has 0 saturated heterocycles. The molecule has 2 heteroatoms. The Labute approximate surface area is 79.8 Å². The molecule has 1 rings (SSSR count). The fraction of sp³-hybridized carbons (Fsp3) is 0.545. The summed E-state index contributed by atoms with van der Waals surface area (Å²) >= 11 is 0. The minimum Gasteiger partial charge on any atom is -0.337 e. The van der Waals surface area contributed by atoms with Gasteiger partial charge in [0.25, 0.3) is 0 Å². The van der Waals surface area contributed by atoms with Crippen LogP contribution in [0.15, 0.2) is 6.07 Å². The van der Waals surface area contributed by atoms with Crippen LogP contribution in [0.5, 0.6) is 0 Å². The van der Waals surface area contributed by atoms with Gasteiger partial charge in [0.2, 0.25) is 0 Å². The van der Waals surface area contributed by atoms with Crippen molar-refractivity contribution >= 4 is 0 Å². The van der Waals surface area contributed by atoms with E-state index in [1.165, 1.54) is 12.1 Å². The summed E-state index contributed by atoms with van der Waals surface area (Å²) in [7, 11) is 0. The van der Waals surface area contributed by atoms with Gasteiger partial charge in [0.1, 0.15) is 11.8 Å². The van der Waals surface area contributed by atoms with Gasteiger partial charge in [0, 0.05) is 12.2 Å². The first-order chi connectivity index (χ1) is 6.20. The average molecular weight is 176 g/mol. The highest BCUT2D eigenvalue weighted by molar-refractivity contribution is 5.35. The maximum atomic E-state index is 8.94. The van der Waals surface area contributed by atoms with Gasteiger partial charge < -0.3 is 4.57 Å². The molecule has 0 spiro atoms. The molecule has 0 unspecified atom stereocenters. The monoisotopic (exact) mass is 176 g/mol. The Morgan fingerprint density at radius 3 is 2.69 bits per heavy atom. The largest absolute Gasteiger partial charge is 0.337 e. The predicted octanol–water partition coefficient (Wildman–Crippen LogP) is 2.78. The van der Waals surface area contributed by atoms with Gasteiger partial charge in [-0.05, 0) is 31.9 Å². The first-order valence-electron chi connectivity index (χ1n) is 4.77. The van der Waals surface area contributed by atoms with Crippen LogP contribution in [0, 0.1) is 25.2 Å². The van der Waals surface area contributed by atoms with Crippen LogP contribution < -0.4 is 0 Å². The van der Waals surface area contributed by atoms with Gasteiger partial charge in [-0.1, -0.05) is 13.3 Å². The second-order valence-corrected chi connectivity index (χ2v) is 3.43. The fourth-order valence-electron chi connectivity index (χ4n) is 1.60. The second kappa shape index (κ2) is 4.13. The second-order valence-electron chi connectivity index (χ2n) is 3.43. The van der Waals surface area contributed by atoms with E-state index in [-0.39, 0.29) is 0 Å². The first-order valence-corrected chi connectivity index (χ1v) is 4.77. The van der Waals surface area contributed by atoms with Gasteiger partial charge in [-0.3, -0.25) is 0 Å². The van der Waals surface area contributed by atoms with Crippen molar-refractivity contribution in [2.75, 3.05) is 0 Å². The van der Waals surface area contributed by atoms with Crippen LogP contribution in [-0.4, -0.2) is 4.57 Å². The lowest BCUT2D eigenvalue weighted by Crippen LogP contribution is -2.02. The van der Waals surface area contributed by atoms with Gasteiger partial charge in [-0.2, -0.15) is 5.26 Å². The number of aryl methyl sites for hydroxylation is 2. The van der Waals surface area contributed by atoms with E-state index in [1.807, 2.05) is 6.92 Å². The maximum Gasteiger partial charge on any atom is 0.123 e. The van der Waals surface area contributed by atoms with Crippen molar-refractivity contribution < 1.29 is 0 Å². The standard InChI is InChI=1S/C11H16N2/c1-4-5-6-13-10(3)7-9(2)11(13)8-12/h7H,4-6H2,1-3H3. The van der Waals surface area contributed by atoms with E-state index in [0.717, 1.165) is 24.2 Å². The quantitative estimate of drug-likeness (QED) is 0.696. The molecule has 0 fully saturated rings. The third-order valence-corrected chi connectivity index (χ3v) is 2.34. The number of aromatic nitrogens is 1. The van der Waals surface area contributed by atoms with Gasteiger partial charge in [-0.15, -0.1) is 0 Å². The molecule has 0 aliphatic rings. The predicted molar refractivity (Wildman–Crippen MR) is 53.5 cm³/mol. The Balaban J connectivity index is 2.97. The molecule has 0 atom stereocenters.